The molecule has 3 heterocycles. The van der Waals surface area contributed by atoms with Crippen molar-refractivity contribution in [1.82, 2.24) is 20.3 Å². The summed E-state index contributed by atoms with van der Waals surface area (Å²) in [7, 11) is 3.78. The monoisotopic (exact) mass is 506 g/mol. The number of nitrogens with zero attached hydrogens (tertiary/aromatic N) is 3. The van der Waals surface area contributed by atoms with Crippen molar-refractivity contribution in [2.75, 3.05) is 27.2 Å². The van der Waals surface area contributed by atoms with E-state index in [1.807, 2.05) is 32.8 Å². The number of hydrogen-bond acceptors (Lipinski definition) is 8. The normalized spacial score (nSPS) is 23.0. The molecule has 0 spiro atoms. The van der Waals surface area contributed by atoms with E-state index in [1.54, 1.807) is 31.2 Å². The summed E-state index contributed by atoms with van der Waals surface area (Å²) in [5.41, 5.74) is 1.09. The molecule has 0 aliphatic carbocycles. The Hall–Kier alpha value is -2.56. The van der Waals surface area contributed by atoms with Crippen molar-refractivity contribution in [1.29, 1.82) is 0 Å². The van der Waals surface area contributed by atoms with E-state index < -0.39 is 28.7 Å². The fourth-order valence-electron chi connectivity index (χ4n) is 4.22. The number of fused-ring (bicyclic) bond motifs is 1. The number of aryl methyl sites for hydroxylation is 1. The first-order chi connectivity index (χ1) is 16.0. The average molecular weight is 507 g/mol. The van der Waals surface area contributed by atoms with Crippen LogP contribution in [0.15, 0.2) is 28.8 Å². The minimum atomic E-state index is -0.773. The lowest BCUT2D eigenvalue weighted by molar-refractivity contribution is -0.163. The number of aromatic nitrogens is 1. The van der Waals surface area contributed by atoms with Crippen LogP contribution in [0, 0.1) is 6.92 Å². The molecule has 2 aromatic rings. The number of β-lactam (4-membered cyclic amide) rings is 1. The highest BCUT2D eigenvalue weighted by molar-refractivity contribution is 8.01. The summed E-state index contributed by atoms with van der Waals surface area (Å²) in [6.45, 7) is 6.27. The Labute approximate surface area is 207 Å². The van der Waals surface area contributed by atoms with Gasteiger partial charge in [-0.25, -0.2) is 4.79 Å². The predicted octanol–water partition coefficient (Wildman–Crippen LogP) is 2.57. The summed E-state index contributed by atoms with van der Waals surface area (Å²) < 4.78 is 10.1. The van der Waals surface area contributed by atoms with Gasteiger partial charge in [-0.3, -0.25) is 9.59 Å². The number of thioether (sulfide) groups is 1. The summed E-state index contributed by atoms with van der Waals surface area (Å²) in [6.07, 6.45) is 0. The van der Waals surface area contributed by atoms with Crippen molar-refractivity contribution >= 4 is 41.1 Å². The number of benzene rings is 1. The second-order valence-corrected chi connectivity index (χ2v) is 11.3. The van der Waals surface area contributed by atoms with Gasteiger partial charge in [-0.05, 0) is 40.9 Å². The minimum absolute atomic E-state index is 0.223. The van der Waals surface area contributed by atoms with Gasteiger partial charge in [0.25, 0.3) is 5.91 Å². The van der Waals surface area contributed by atoms with Gasteiger partial charge in [0, 0.05) is 16.9 Å². The van der Waals surface area contributed by atoms with Crippen LogP contribution in [0.4, 0.5) is 0 Å². The lowest BCUT2D eigenvalue weighted by atomic mass is 9.95. The topological polar surface area (TPSA) is 105 Å². The van der Waals surface area contributed by atoms with Gasteiger partial charge in [0.1, 0.15) is 41.1 Å². The van der Waals surface area contributed by atoms with Crippen LogP contribution in [0.1, 0.15) is 30.0 Å². The van der Waals surface area contributed by atoms with Crippen LogP contribution < -0.4 is 5.32 Å². The molecule has 2 aliphatic heterocycles. The molecule has 9 nitrogen and oxygen atoms in total. The van der Waals surface area contributed by atoms with Crippen molar-refractivity contribution in [2.24, 2.45) is 0 Å². The van der Waals surface area contributed by atoms with Gasteiger partial charge in [0.05, 0.1) is 5.02 Å². The van der Waals surface area contributed by atoms with Crippen molar-refractivity contribution < 1.29 is 23.6 Å². The van der Waals surface area contributed by atoms with Gasteiger partial charge >= 0.3 is 5.97 Å². The summed E-state index contributed by atoms with van der Waals surface area (Å²) in [5.74, 6) is -0.921. The Bertz CT molecular complexity index is 1130. The second kappa shape index (κ2) is 9.24. The summed E-state index contributed by atoms with van der Waals surface area (Å²) >= 11 is 7.76. The second-order valence-electron chi connectivity index (χ2n) is 9.12. The number of nitrogens with one attached hydrogen (secondary N) is 1. The average Bonchev–Trinajstić information content (AvgIpc) is 3.26. The van der Waals surface area contributed by atoms with Gasteiger partial charge in [-0.1, -0.05) is 35.0 Å². The number of halogens is 1. The molecule has 0 radical (unpaired) electrons. The Balaban J connectivity index is 1.50. The molecule has 11 heteroatoms. The lowest BCUT2D eigenvalue weighted by Gasteiger charge is -2.43. The highest BCUT2D eigenvalue weighted by atomic mass is 35.5. The van der Waals surface area contributed by atoms with Crippen LogP contribution in [0.25, 0.3) is 11.3 Å². The molecule has 1 aromatic heterocycles. The summed E-state index contributed by atoms with van der Waals surface area (Å²) in [6, 6.07) is 5.52. The maximum Gasteiger partial charge on any atom is 0.330 e. The van der Waals surface area contributed by atoms with Crippen LogP contribution in [-0.4, -0.2) is 82.2 Å². The highest BCUT2D eigenvalue weighted by Crippen LogP contribution is 2.51. The maximum atomic E-state index is 13.2. The largest absolute Gasteiger partial charge is 0.463 e. The number of rotatable bonds is 7. The SMILES string of the molecule is Cc1onc(-c2ccccc2Cl)c1C(=O)N[C@@H]1C(=O)N2[C@@H]1SC(C)(C)[C@@H]2C(=O)OCCN(C)C. The predicted molar refractivity (Wildman–Crippen MR) is 129 cm³/mol. The number of esters is 1. The molecule has 2 fully saturated rings. The molecular formula is C23H27ClN4O5S. The first-order valence-electron chi connectivity index (χ1n) is 10.9. The molecule has 2 aliphatic rings. The van der Waals surface area contributed by atoms with E-state index in [-0.39, 0.29) is 23.5 Å². The third kappa shape index (κ3) is 4.30. The molecule has 1 aromatic carbocycles. The number of likely N-dealkylation sites (N-methyl/N-ethyl adjacent to an activating group) is 1. The summed E-state index contributed by atoms with van der Waals surface area (Å²) in [4.78, 5) is 42.5. The van der Waals surface area contributed by atoms with E-state index >= 15 is 0 Å². The minimum Gasteiger partial charge on any atom is -0.463 e. The van der Waals surface area contributed by atoms with Gasteiger partial charge in [0.15, 0.2) is 0 Å². The van der Waals surface area contributed by atoms with E-state index in [0.29, 0.717) is 28.6 Å². The molecule has 0 saturated carbocycles. The van der Waals surface area contributed by atoms with Crippen molar-refractivity contribution in [2.45, 2.75) is 43.0 Å². The van der Waals surface area contributed by atoms with Crippen LogP contribution in [0.2, 0.25) is 5.02 Å². The highest BCUT2D eigenvalue weighted by Gasteiger charge is 2.64. The molecular weight excluding hydrogens is 480 g/mol. The zero-order chi connectivity index (χ0) is 24.8. The van der Waals surface area contributed by atoms with Crippen LogP contribution in [-0.2, 0) is 14.3 Å². The van der Waals surface area contributed by atoms with Crippen LogP contribution in [0.3, 0.4) is 0 Å². The van der Waals surface area contributed by atoms with E-state index in [0.717, 1.165) is 0 Å². The molecule has 2 saturated heterocycles. The fourth-order valence-corrected chi connectivity index (χ4v) is 6.07. The zero-order valence-corrected chi connectivity index (χ0v) is 21.2. The van der Waals surface area contributed by atoms with E-state index in [2.05, 4.69) is 10.5 Å². The van der Waals surface area contributed by atoms with Crippen molar-refractivity contribution in [3.05, 3.63) is 40.6 Å². The number of ether oxygens (including phenoxy) is 1. The van der Waals surface area contributed by atoms with Gasteiger partial charge in [-0.15, -0.1) is 11.8 Å². The van der Waals surface area contributed by atoms with Gasteiger partial charge in [-0.2, -0.15) is 0 Å². The van der Waals surface area contributed by atoms with E-state index in [9.17, 15) is 14.4 Å². The molecule has 3 atom stereocenters. The number of carbonyl (C=O) groups excluding carboxylic acids is 3. The smallest absolute Gasteiger partial charge is 0.330 e. The number of amides is 2. The first kappa shape index (κ1) is 24.6. The Morgan fingerprint density at radius 1 is 1.32 bits per heavy atom. The zero-order valence-electron chi connectivity index (χ0n) is 19.6. The molecule has 4 rings (SSSR count). The Kier molecular flexibility index (Phi) is 6.67. The molecule has 182 valence electrons. The standard InChI is InChI=1S/C23H27ClN4O5S/c1-12-15(16(26-33-12)13-8-6-7-9-14(13)24)19(29)25-17-20(30)28-18(23(2,3)34-21(17)28)22(31)32-11-10-27(4)5/h6-9,17-18,21H,10-11H2,1-5H3,(H,25,29)/t17-,18+,21-/m1/s1. The van der Waals surface area contributed by atoms with Crippen molar-refractivity contribution in [3.63, 3.8) is 0 Å². The van der Waals surface area contributed by atoms with Gasteiger partial charge < -0.3 is 24.4 Å². The number of hydrogen-bond donors (Lipinski definition) is 1. The summed E-state index contributed by atoms with van der Waals surface area (Å²) in [5, 5.41) is 6.89. The molecule has 1 N–H and O–H groups in total. The van der Waals surface area contributed by atoms with Crippen LogP contribution >= 0.6 is 23.4 Å². The third-order valence-corrected chi connectivity index (χ3v) is 7.85. The molecule has 0 bridgehead atoms. The molecule has 34 heavy (non-hydrogen) atoms. The van der Waals surface area contributed by atoms with Crippen molar-refractivity contribution in [3.8, 4) is 11.3 Å². The Morgan fingerprint density at radius 2 is 2.03 bits per heavy atom. The molecule has 2 amide bonds. The lowest BCUT2D eigenvalue weighted by Crippen LogP contribution is -2.70. The number of carbonyl (C=O) groups is 3. The first-order valence-corrected chi connectivity index (χ1v) is 12.1. The molecule has 0 unspecified atom stereocenters. The quantitative estimate of drug-likeness (QED) is 0.451. The fraction of sp³-hybridized carbons (Fsp3) is 0.478. The van der Waals surface area contributed by atoms with E-state index in [4.69, 9.17) is 20.9 Å². The Morgan fingerprint density at radius 3 is 2.71 bits per heavy atom. The maximum absolute atomic E-state index is 13.2. The van der Waals surface area contributed by atoms with Crippen LogP contribution in [0.5, 0.6) is 0 Å². The van der Waals surface area contributed by atoms with Gasteiger partial charge in [0.2, 0.25) is 5.91 Å². The van der Waals surface area contributed by atoms with E-state index in [1.165, 1.54) is 16.7 Å². The third-order valence-electron chi connectivity index (χ3n) is 5.95.